The molecule has 0 unspecified atom stereocenters. The fraction of sp³-hybridized carbons (Fsp3) is 0.333. The lowest BCUT2D eigenvalue weighted by Gasteiger charge is -2.09. The number of aromatic hydroxyl groups is 1. The molecule has 0 aliphatic heterocycles. The van der Waals surface area contributed by atoms with Gasteiger partial charge in [-0.25, -0.2) is 4.98 Å². The Labute approximate surface area is 153 Å². The highest BCUT2D eigenvalue weighted by Gasteiger charge is 2.12. The van der Waals surface area contributed by atoms with Gasteiger partial charge in [0.25, 0.3) is 0 Å². The number of nitrogens with zero attached hydrogens (tertiary/aromatic N) is 2. The molecule has 0 spiro atoms. The van der Waals surface area contributed by atoms with Crippen molar-refractivity contribution in [2.45, 2.75) is 39.2 Å². The molecular formula is C21H24N2O3. The number of ether oxygens (including phenoxy) is 1. The maximum Gasteiger partial charge on any atom is 0.305 e. The molecule has 136 valence electrons. The Morgan fingerprint density at radius 3 is 2.62 bits per heavy atom. The largest absolute Gasteiger partial charge is 0.508 e. The molecule has 5 heteroatoms. The van der Waals surface area contributed by atoms with Crippen LogP contribution in [0.1, 0.15) is 32.6 Å². The highest BCUT2D eigenvalue weighted by molar-refractivity contribution is 5.80. The van der Waals surface area contributed by atoms with E-state index in [2.05, 4.69) is 10.6 Å². The predicted octanol–water partition coefficient (Wildman–Crippen LogP) is 4.53. The molecule has 0 aliphatic rings. The Balaban J connectivity index is 1.73. The number of fused-ring (bicyclic) bond motifs is 1. The summed E-state index contributed by atoms with van der Waals surface area (Å²) in [5, 5.41) is 9.53. The van der Waals surface area contributed by atoms with Crippen LogP contribution in [0, 0.1) is 0 Å². The molecule has 0 amide bonds. The number of imidazole rings is 1. The zero-order chi connectivity index (χ0) is 18.4. The number of benzene rings is 2. The van der Waals surface area contributed by atoms with Gasteiger partial charge >= 0.3 is 5.97 Å². The van der Waals surface area contributed by atoms with Crippen LogP contribution in [0.3, 0.4) is 0 Å². The number of carbonyl (C=O) groups is 1. The fourth-order valence-corrected chi connectivity index (χ4v) is 3.08. The van der Waals surface area contributed by atoms with E-state index in [0.717, 1.165) is 48.2 Å². The number of aromatic nitrogens is 2. The number of hydrogen-bond donors (Lipinski definition) is 1. The van der Waals surface area contributed by atoms with Gasteiger partial charge < -0.3 is 14.4 Å². The van der Waals surface area contributed by atoms with E-state index in [1.165, 1.54) is 0 Å². The third-order valence-corrected chi connectivity index (χ3v) is 4.35. The third kappa shape index (κ3) is 4.23. The SMILES string of the molecule is CCOC(=O)CCCCCn1c(-c2ccc(O)cc2)nc2ccccc21. The number of para-hydroxylation sites is 2. The Morgan fingerprint density at radius 1 is 1.08 bits per heavy atom. The Kier molecular flexibility index (Phi) is 5.89. The minimum Gasteiger partial charge on any atom is -0.508 e. The van der Waals surface area contributed by atoms with Gasteiger partial charge in [0.15, 0.2) is 0 Å². The van der Waals surface area contributed by atoms with Crippen molar-refractivity contribution in [1.82, 2.24) is 9.55 Å². The molecule has 26 heavy (non-hydrogen) atoms. The van der Waals surface area contributed by atoms with E-state index in [1.54, 1.807) is 12.1 Å². The molecule has 1 heterocycles. The van der Waals surface area contributed by atoms with Gasteiger partial charge in [-0.15, -0.1) is 0 Å². The summed E-state index contributed by atoms with van der Waals surface area (Å²) in [5.41, 5.74) is 3.04. The zero-order valence-electron chi connectivity index (χ0n) is 15.0. The van der Waals surface area contributed by atoms with Crippen molar-refractivity contribution in [3.05, 3.63) is 48.5 Å². The Hall–Kier alpha value is -2.82. The van der Waals surface area contributed by atoms with Crippen molar-refractivity contribution in [1.29, 1.82) is 0 Å². The molecular weight excluding hydrogens is 328 g/mol. The summed E-state index contributed by atoms with van der Waals surface area (Å²) >= 11 is 0. The van der Waals surface area contributed by atoms with Crippen LogP contribution in [0.4, 0.5) is 0 Å². The van der Waals surface area contributed by atoms with Crippen LogP contribution in [0.15, 0.2) is 48.5 Å². The van der Waals surface area contributed by atoms with Crippen LogP contribution >= 0.6 is 0 Å². The predicted molar refractivity (Wildman–Crippen MR) is 102 cm³/mol. The standard InChI is InChI=1S/C21H24N2O3/c1-2-26-20(25)10-4-3-7-15-23-19-9-6-5-8-18(19)22-21(23)16-11-13-17(24)14-12-16/h5-6,8-9,11-14,24H,2-4,7,10,15H2,1H3. The van der Waals surface area contributed by atoms with Crippen molar-refractivity contribution < 1.29 is 14.6 Å². The highest BCUT2D eigenvalue weighted by atomic mass is 16.5. The zero-order valence-corrected chi connectivity index (χ0v) is 15.0. The normalized spacial score (nSPS) is 11.0. The second-order valence-corrected chi connectivity index (χ2v) is 6.24. The molecule has 2 aromatic carbocycles. The lowest BCUT2D eigenvalue weighted by Crippen LogP contribution is -2.04. The summed E-state index contributed by atoms with van der Waals surface area (Å²) in [6.07, 6.45) is 3.23. The molecule has 0 radical (unpaired) electrons. The molecule has 0 fully saturated rings. The van der Waals surface area contributed by atoms with E-state index in [1.807, 2.05) is 37.3 Å². The molecule has 0 bridgehead atoms. The number of carbonyl (C=O) groups excluding carboxylic acids is 1. The summed E-state index contributed by atoms with van der Waals surface area (Å²) in [6, 6.07) is 15.2. The van der Waals surface area contributed by atoms with Gasteiger partial charge in [-0.1, -0.05) is 18.6 Å². The van der Waals surface area contributed by atoms with Crippen LogP contribution in [-0.4, -0.2) is 27.2 Å². The van der Waals surface area contributed by atoms with E-state index in [4.69, 9.17) is 9.72 Å². The number of phenolic OH excluding ortho intramolecular Hbond substituents is 1. The van der Waals surface area contributed by atoms with E-state index in [0.29, 0.717) is 13.0 Å². The molecule has 1 aromatic heterocycles. The summed E-state index contributed by atoms with van der Waals surface area (Å²) in [4.78, 5) is 16.2. The number of phenols is 1. The van der Waals surface area contributed by atoms with Crippen molar-refractivity contribution in [3.8, 4) is 17.1 Å². The van der Waals surface area contributed by atoms with Gasteiger partial charge in [-0.05, 0) is 56.2 Å². The van der Waals surface area contributed by atoms with Crippen LogP contribution in [0.25, 0.3) is 22.4 Å². The molecule has 5 nitrogen and oxygen atoms in total. The minimum atomic E-state index is -0.120. The van der Waals surface area contributed by atoms with E-state index in [9.17, 15) is 9.90 Å². The smallest absolute Gasteiger partial charge is 0.305 e. The van der Waals surface area contributed by atoms with Crippen LogP contribution < -0.4 is 0 Å². The lowest BCUT2D eigenvalue weighted by atomic mass is 10.1. The third-order valence-electron chi connectivity index (χ3n) is 4.35. The van der Waals surface area contributed by atoms with Gasteiger partial charge in [-0.3, -0.25) is 4.79 Å². The Morgan fingerprint density at radius 2 is 1.85 bits per heavy atom. The maximum atomic E-state index is 11.4. The lowest BCUT2D eigenvalue weighted by molar-refractivity contribution is -0.143. The quantitative estimate of drug-likeness (QED) is 0.478. The van der Waals surface area contributed by atoms with Gasteiger partial charge in [0.05, 0.1) is 17.6 Å². The topological polar surface area (TPSA) is 64.3 Å². The first-order valence-corrected chi connectivity index (χ1v) is 9.09. The number of esters is 1. The average molecular weight is 352 g/mol. The van der Waals surface area contributed by atoms with Crippen molar-refractivity contribution in [2.75, 3.05) is 6.61 Å². The number of unbranched alkanes of at least 4 members (excludes halogenated alkanes) is 2. The van der Waals surface area contributed by atoms with E-state index >= 15 is 0 Å². The first kappa shape index (κ1) is 18.0. The van der Waals surface area contributed by atoms with Crippen molar-refractivity contribution in [3.63, 3.8) is 0 Å². The van der Waals surface area contributed by atoms with Crippen molar-refractivity contribution >= 4 is 17.0 Å². The van der Waals surface area contributed by atoms with Crippen LogP contribution in [0.5, 0.6) is 5.75 Å². The van der Waals surface area contributed by atoms with E-state index < -0.39 is 0 Å². The summed E-state index contributed by atoms with van der Waals surface area (Å²) in [6.45, 7) is 3.10. The van der Waals surface area contributed by atoms with Gasteiger partial charge in [0.2, 0.25) is 0 Å². The molecule has 3 rings (SSSR count). The average Bonchev–Trinajstić information content (AvgIpc) is 3.01. The summed E-state index contributed by atoms with van der Waals surface area (Å²) < 4.78 is 7.18. The van der Waals surface area contributed by atoms with Crippen LogP contribution in [-0.2, 0) is 16.1 Å². The number of hydrogen-bond acceptors (Lipinski definition) is 4. The molecule has 0 atom stereocenters. The Bertz CT molecular complexity index is 869. The van der Waals surface area contributed by atoms with E-state index in [-0.39, 0.29) is 11.7 Å². The van der Waals surface area contributed by atoms with Crippen molar-refractivity contribution in [2.24, 2.45) is 0 Å². The van der Waals surface area contributed by atoms with Crippen LogP contribution in [0.2, 0.25) is 0 Å². The molecule has 0 saturated carbocycles. The summed E-state index contributed by atoms with van der Waals surface area (Å²) in [7, 11) is 0. The molecule has 0 saturated heterocycles. The first-order valence-electron chi connectivity index (χ1n) is 9.09. The van der Waals surface area contributed by atoms with Gasteiger partial charge in [-0.2, -0.15) is 0 Å². The van der Waals surface area contributed by atoms with Gasteiger partial charge in [0.1, 0.15) is 11.6 Å². The second kappa shape index (κ2) is 8.52. The molecule has 1 N–H and O–H groups in total. The van der Waals surface area contributed by atoms with Gasteiger partial charge in [0, 0.05) is 18.5 Å². The first-order chi connectivity index (χ1) is 12.7. The highest BCUT2D eigenvalue weighted by Crippen LogP contribution is 2.26. The molecule has 3 aromatic rings. The minimum absolute atomic E-state index is 0.120. The molecule has 0 aliphatic carbocycles. The second-order valence-electron chi connectivity index (χ2n) is 6.24. The monoisotopic (exact) mass is 352 g/mol. The number of aryl methyl sites for hydroxylation is 1. The fourth-order valence-electron chi connectivity index (χ4n) is 3.08. The summed E-state index contributed by atoms with van der Waals surface area (Å²) in [5.74, 6) is 1.03. The maximum absolute atomic E-state index is 11.4. The number of rotatable bonds is 8.